The Kier molecular flexibility index (Phi) is 5.04. The number of ether oxygens (including phenoxy) is 1. The summed E-state index contributed by atoms with van der Waals surface area (Å²) in [6, 6.07) is 9.44. The van der Waals surface area contributed by atoms with Crippen molar-refractivity contribution in [2.45, 2.75) is 12.8 Å². The molecule has 1 heterocycles. The first-order valence-electron chi connectivity index (χ1n) is 6.74. The Morgan fingerprint density at radius 1 is 1.50 bits per heavy atom. The predicted octanol–water partition coefficient (Wildman–Crippen LogP) is 2.88. The molecule has 0 radical (unpaired) electrons. The number of rotatable bonds is 4. The molecule has 0 bridgehead atoms. The summed E-state index contributed by atoms with van der Waals surface area (Å²) in [4.78, 5) is 12.8. The van der Waals surface area contributed by atoms with E-state index in [9.17, 15) is 4.79 Å². The molecule has 0 amide bonds. The summed E-state index contributed by atoms with van der Waals surface area (Å²) in [5, 5.41) is 10.5. The zero-order valence-electron chi connectivity index (χ0n) is 12.2. The van der Waals surface area contributed by atoms with E-state index in [1.165, 1.54) is 6.08 Å². The molecule has 1 aromatic carbocycles. The zero-order chi connectivity index (χ0) is 16.1. The Hall–Kier alpha value is -2.49. The van der Waals surface area contributed by atoms with Gasteiger partial charge in [-0.05, 0) is 18.4 Å². The summed E-state index contributed by atoms with van der Waals surface area (Å²) in [5.41, 5.74) is 2.40. The van der Waals surface area contributed by atoms with E-state index < -0.39 is 11.9 Å². The van der Waals surface area contributed by atoms with Crippen molar-refractivity contribution in [3.05, 3.63) is 65.4 Å². The van der Waals surface area contributed by atoms with E-state index in [1.54, 1.807) is 6.92 Å². The Morgan fingerprint density at radius 2 is 2.18 bits per heavy atom. The van der Waals surface area contributed by atoms with Gasteiger partial charge in [0.25, 0.3) is 0 Å². The molecular formula is C17H16N2O2S. The van der Waals surface area contributed by atoms with Gasteiger partial charge in [-0.25, -0.2) is 4.79 Å². The molecule has 1 aliphatic rings. The summed E-state index contributed by atoms with van der Waals surface area (Å²) in [6.45, 7) is 5.44. The van der Waals surface area contributed by atoms with E-state index in [4.69, 9.17) is 22.4 Å². The predicted molar refractivity (Wildman–Crippen MR) is 90.0 cm³/mol. The van der Waals surface area contributed by atoms with Crippen LogP contribution in [0.4, 0.5) is 0 Å². The maximum atomic E-state index is 12.4. The molecule has 4 nitrogen and oxygen atoms in total. The topological polar surface area (TPSA) is 62.2 Å². The van der Waals surface area contributed by atoms with E-state index in [0.717, 1.165) is 5.56 Å². The van der Waals surface area contributed by atoms with Gasteiger partial charge in [-0.2, -0.15) is 0 Å². The lowest BCUT2D eigenvalue weighted by Gasteiger charge is -2.29. The number of carbonyl (C=O) groups excluding carboxylic acids is 1. The smallest absolute Gasteiger partial charge is 0.337 e. The third kappa shape index (κ3) is 3.06. The quantitative estimate of drug-likeness (QED) is 0.295. The minimum absolute atomic E-state index is 0.130. The number of hydrogen-bond acceptors (Lipinski definition) is 4. The molecule has 2 rings (SSSR count). The number of benzene rings is 1. The van der Waals surface area contributed by atoms with Crippen LogP contribution in [0.3, 0.4) is 0 Å². The maximum Gasteiger partial charge on any atom is 0.337 e. The van der Waals surface area contributed by atoms with Crippen molar-refractivity contribution in [3.63, 3.8) is 0 Å². The monoisotopic (exact) mass is 312 g/mol. The lowest BCUT2D eigenvalue weighted by atomic mass is 9.81. The van der Waals surface area contributed by atoms with Crippen molar-refractivity contribution in [3.8, 4) is 0 Å². The second kappa shape index (κ2) is 6.98. The molecule has 1 aliphatic heterocycles. The fourth-order valence-corrected chi connectivity index (χ4v) is 2.71. The molecule has 5 heteroatoms. The molecule has 1 aromatic rings. The Bertz CT molecular complexity index is 701. The second-order valence-electron chi connectivity index (χ2n) is 4.76. The summed E-state index contributed by atoms with van der Waals surface area (Å²) >= 11 is 5.27. The number of carbonyl (C=O) groups is 1. The number of hydrogen-bond donors (Lipinski definition) is 2. The molecular weight excluding hydrogens is 296 g/mol. The van der Waals surface area contributed by atoms with Crippen LogP contribution >= 0.6 is 12.2 Å². The molecule has 1 unspecified atom stereocenters. The first kappa shape index (κ1) is 15.9. The summed E-state index contributed by atoms with van der Waals surface area (Å²) in [7, 11) is 0. The Morgan fingerprint density at radius 3 is 2.77 bits per heavy atom. The van der Waals surface area contributed by atoms with Crippen molar-refractivity contribution in [2.75, 3.05) is 6.61 Å². The van der Waals surface area contributed by atoms with Crippen molar-refractivity contribution >= 4 is 29.0 Å². The maximum absolute atomic E-state index is 12.4. The van der Waals surface area contributed by atoms with E-state index in [2.05, 4.69) is 17.8 Å². The number of nitrogens with one attached hydrogen (secondary N) is 2. The van der Waals surface area contributed by atoms with Crippen molar-refractivity contribution < 1.29 is 9.53 Å². The highest BCUT2D eigenvalue weighted by Crippen LogP contribution is 2.36. The van der Waals surface area contributed by atoms with Gasteiger partial charge in [0.1, 0.15) is 11.6 Å². The molecule has 1 atom stereocenters. The fraction of sp³-hybridized carbons (Fsp3) is 0.176. The van der Waals surface area contributed by atoms with Crippen molar-refractivity contribution in [1.29, 1.82) is 5.41 Å². The average molecular weight is 312 g/mol. The number of thiocarbonyl (C=S) groups is 1. The van der Waals surface area contributed by atoms with E-state index in [1.807, 2.05) is 30.3 Å². The third-order valence-corrected chi connectivity index (χ3v) is 3.67. The average Bonchev–Trinajstić information content (AvgIpc) is 2.52. The summed E-state index contributed by atoms with van der Waals surface area (Å²) in [5.74, 6) is 1.46. The molecule has 0 aliphatic carbocycles. The van der Waals surface area contributed by atoms with Gasteiger partial charge in [-0.15, -0.1) is 0 Å². The van der Waals surface area contributed by atoms with Crippen LogP contribution < -0.4 is 5.32 Å². The van der Waals surface area contributed by atoms with Crippen LogP contribution in [0.2, 0.25) is 0 Å². The molecule has 0 saturated carbocycles. The summed E-state index contributed by atoms with van der Waals surface area (Å²) < 4.78 is 5.18. The highest BCUT2D eigenvalue weighted by atomic mass is 32.1. The largest absolute Gasteiger partial charge is 0.458 e. The van der Waals surface area contributed by atoms with Crippen LogP contribution in [0.15, 0.2) is 59.8 Å². The van der Waals surface area contributed by atoms with Gasteiger partial charge in [0, 0.05) is 5.70 Å². The molecule has 112 valence electrons. The minimum atomic E-state index is -0.454. The van der Waals surface area contributed by atoms with Gasteiger partial charge in [-0.1, -0.05) is 55.2 Å². The highest BCUT2D eigenvalue weighted by Gasteiger charge is 2.35. The lowest BCUT2D eigenvalue weighted by Crippen LogP contribution is -2.35. The van der Waals surface area contributed by atoms with Gasteiger partial charge in [0.2, 0.25) is 0 Å². The highest BCUT2D eigenvalue weighted by molar-refractivity contribution is 7.80. The van der Waals surface area contributed by atoms with Gasteiger partial charge in [0.15, 0.2) is 0 Å². The standard InChI is InChI=1S/C17H16N2O2S/c1-3-9-21-17(20)14-11(2)19-16(22)13(10-18)15(14)12-7-5-4-6-8-12/h3-8,15,18H,1,9H2,2H3,(H,19,22). The SMILES string of the molecule is C=CCOC(=O)C1=C(C)NC(=S)C(=C=N)C1c1ccccc1. The van der Waals surface area contributed by atoms with Gasteiger partial charge >= 0.3 is 5.97 Å². The third-order valence-electron chi connectivity index (χ3n) is 3.35. The van der Waals surface area contributed by atoms with Crippen molar-refractivity contribution in [2.24, 2.45) is 0 Å². The van der Waals surface area contributed by atoms with Crippen LogP contribution in [0.1, 0.15) is 18.4 Å². The van der Waals surface area contributed by atoms with Gasteiger partial charge in [0.05, 0.1) is 17.1 Å². The molecule has 0 spiro atoms. The Balaban J connectivity index is 2.56. The van der Waals surface area contributed by atoms with Crippen LogP contribution in [-0.2, 0) is 9.53 Å². The number of allylic oxidation sites excluding steroid dienone is 1. The minimum Gasteiger partial charge on any atom is -0.458 e. The van der Waals surface area contributed by atoms with E-state index in [-0.39, 0.29) is 6.61 Å². The zero-order valence-corrected chi connectivity index (χ0v) is 13.0. The van der Waals surface area contributed by atoms with E-state index >= 15 is 0 Å². The molecule has 2 N–H and O–H groups in total. The van der Waals surface area contributed by atoms with Crippen LogP contribution in [-0.4, -0.2) is 23.4 Å². The Labute approximate surface area is 134 Å². The fourth-order valence-electron chi connectivity index (χ4n) is 2.39. The number of esters is 1. The first-order chi connectivity index (χ1) is 10.6. The molecule has 0 saturated heterocycles. The normalized spacial score (nSPS) is 17.6. The molecule has 0 aromatic heterocycles. The second-order valence-corrected chi connectivity index (χ2v) is 5.17. The molecule has 22 heavy (non-hydrogen) atoms. The van der Waals surface area contributed by atoms with Gasteiger partial charge in [-0.3, -0.25) is 5.41 Å². The lowest BCUT2D eigenvalue weighted by molar-refractivity contribution is -0.138. The van der Waals surface area contributed by atoms with Crippen LogP contribution in [0.25, 0.3) is 0 Å². The van der Waals surface area contributed by atoms with Crippen molar-refractivity contribution in [1.82, 2.24) is 5.32 Å². The van der Waals surface area contributed by atoms with E-state index in [0.29, 0.717) is 21.8 Å². The van der Waals surface area contributed by atoms with Crippen LogP contribution in [0, 0.1) is 5.41 Å². The first-order valence-corrected chi connectivity index (χ1v) is 7.15. The van der Waals surface area contributed by atoms with Gasteiger partial charge < -0.3 is 10.1 Å². The van der Waals surface area contributed by atoms with Crippen LogP contribution in [0.5, 0.6) is 0 Å². The molecule has 0 fully saturated rings. The summed E-state index contributed by atoms with van der Waals surface area (Å²) in [6.07, 6.45) is 1.51.